The maximum Gasteiger partial charge on any atom is 0.138 e. The van der Waals surface area contributed by atoms with Crippen LogP contribution in [0.3, 0.4) is 0 Å². The van der Waals surface area contributed by atoms with Crippen LogP contribution < -0.4 is 4.90 Å². The fourth-order valence-electron chi connectivity index (χ4n) is 4.79. The number of benzene rings is 1. The van der Waals surface area contributed by atoms with Crippen LogP contribution in [0.4, 0.5) is 5.69 Å². The number of nitrogens with zero attached hydrogens (tertiary/aromatic N) is 3. The summed E-state index contributed by atoms with van der Waals surface area (Å²) in [5.74, 6) is 0.685. The minimum absolute atomic E-state index is 0.685. The molecular weight excluding hydrogens is 344 g/mol. The topological polar surface area (TPSA) is 44.8 Å². The van der Waals surface area contributed by atoms with E-state index in [1.807, 2.05) is 18.6 Å². The summed E-state index contributed by atoms with van der Waals surface area (Å²) in [6.07, 6.45) is 14.7. The van der Waals surface area contributed by atoms with E-state index >= 15 is 0 Å². The van der Waals surface area contributed by atoms with Crippen molar-refractivity contribution in [1.82, 2.24) is 15.0 Å². The zero-order chi connectivity index (χ0) is 18.5. The largest absolute Gasteiger partial charge is 0.370 e. The molecule has 1 aromatic carbocycles. The molecule has 3 aromatic heterocycles. The Balaban J connectivity index is 1.50. The molecule has 1 N–H and O–H groups in total. The first-order valence-electron chi connectivity index (χ1n) is 10.5. The van der Waals surface area contributed by atoms with Gasteiger partial charge in [0.15, 0.2) is 0 Å². The van der Waals surface area contributed by atoms with Gasteiger partial charge >= 0.3 is 0 Å². The van der Waals surface area contributed by atoms with Crippen LogP contribution in [0.1, 0.15) is 43.6 Å². The number of aromatic nitrogens is 3. The van der Waals surface area contributed by atoms with Gasteiger partial charge in [0.1, 0.15) is 5.65 Å². The number of hydrogen-bond donors (Lipinski definition) is 1. The average Bonchev–Trinajstić information content (AvgIpc) is 3.37. The summed E-state index contributed by atoms with van der Waals surface area (Å²) < 4.78 is 0. The van der Waals surface area contributed by atoms with Crippen molar-refractivity contribution < 1.29 is 0 Å². The van der Waals surface area contributed by atoms with Gasteiger partial charge in [-0.25, -0.2) is 4.98 Å². The number of pyridine rings is 2. The molecule has 1 saturated heterocycles. The lowest BCUT2D eigenvalue weighted by Gasteiger charge is -2.25. The van der Waals surface area contributed by atoms with Crippen LogP contribution in [0, 0.1) is 0 Å². The van der Waals surface area contributed by atoms with Gasteiger partial charge in [0.05, 0.1) is 11.9 Å². The van der Waals surface area contributed by atoms with Gasteiger partial charge in [-0.15, -0.1) is 0 Å². The molecule has 4 nitrogen and oxygen atoms in total. The molecule has 1 aliphatic carbocycles. The Bertz CT molecular complexity index is 1170. The standard InChI is InChI=1S/C24H24N4/c1-2-9-28(8-1)20-10-19(12-25-14-20)17-6-7-18-13-26-24-23(21(18)11-17)22(15-27-24)16-4-3-5-16/h6-7,10-16H,1-5,8-9H2,(H,26,27). The molecule has 140 valence electrons. The smallest absolute Gasteiger partial charge is 0.138 e. The molecule has 0 spiro atoms. The van der Waals surface area contributed by atoms with Crippen LogP contribution in [0.2, 0.25) is 0 Å². The minimum Gasteiger partial charge on any atom is -0.370 e. The quantitative estimate of drug-likeness (QED) is 0.508. The van der Waals surface area contributed by atoms with Gasteiger partial charge in [-0.2, -0.15) is 0 Å². The molecule has 1 saturated carbocycles. The molecule has 1 aliphatic heterocycles. The summed E-state index contributed by atoms with van der Waals surface area (Å²) in [4.78, 5) is 15.1. The highest BCUT2D eigenvalue weighted by molar-refractivity contribution is 6.08. The van der Waals surface area contributed by atoms with E-state index in [2.05, 4.69) is 50.3 Å². The molecule has 28 heavy (non-hydrogen) atoms. The van der Waals surface area contributed by atoms with Gasteiger partial charge in [-0.1, -0.05) is 18.6 Å². The number of rotatable bonds is 3. The molecule has 4 heteroatoms. The van der Waals surface area contributed by atoms with Gasteiger partial charge in [0.25, 0.3) is 0 Å². The van der Waals surface area contributed by atoms with Crippen molar-refractivity contribution in [3.63, 3.8) is 0 Å². The third kappa shape index (κ3) is 2.51. The van der Waals surface area contributed by atoms with E-state index in [1.54, 1.807) is 0 Å². The zero-order valence-electron chi connectivity index (χ0n) is 16.0. The van der Waals surface area contributed by atoms with Crippen LogP contribution in [0.15, 0.2) is 49.1 Å². The van der Waals surface area contributed by atoms with Crippen molar-refractivity contribution in [2.75, 3.05) is 18.0 Å². The second-order valence-corrected chi connectivity index (χ2v) is 8.28. The first-order chi connectivity index (χ1) is 13.9. The Morgan fingerprint density at radius 2 is 1.82 bits per heavy atom. The monoisotopic (exact) mass is 368 g/mol. The molecule has 0 bridgehead atoms. The summed E-state index contributed by atoms with van der Waals surface area (Å²) >= 11 is 0. The molecule has 4 heterocycles. The van der Waals surface area contributed by atoms with Crippen molar-refractivity contribution in [1.29, 1.82) is 0 Å². The van der Waals surface area contributed by atoms with Crippen molar-refractivity contribution in [3.05, 3.63) is 54.6 Å². The Kier molecular flexibility index (Phi) is 3.64. The zero-order valence-corrected chi connectivity index (χ0v) is 16.0. The summed E-state index contributed by atoms with van der Waals surface area (Å²) in [6.45, 7) is 2.28. The first kappa shape index (κ1) is 16.1. The van der Waals surface area contributed by atoms with E-state index in [9.17, 15) is 0 Å². The molecular formula is C24H24N4. The summed E-state index contributed by atoms with van der Waals surface area (Å²) in [5, 5.41) is 3.82. The van der Waals surface area contributed by atoms with Crippen LogP contribution >= 0.6 is 0 Å². The number of fused-ring (bicyclic) bond motifs is 3. The lowest BCUT2D eigenvalue weighted by Crippen LogP contribution is -2.17. The fraction of sp³-hybridized carbons (Fsp3) is 0.333. The van der Waals surface area contributed by atoms with E-state index in [0.29, 0.717) is 5.92 Å². The summed E-state index contributed by atoms with van der Waals surface area (Å²) in [5.41, 5.74) is 6.12. The van der Waals surface area contributed by atoms with Crippen molar-refractivity contribution in [3.8, 4) is 11.1 Å². The maximum absolute atomic E-state index is 4.67. The van der Waals surface area contributed by atoms with Gasteiger partial charge in [-0.3, -0.25) is 4.98 Å². The third-order valence-electron chi connectivity index (χ3n) is 6.62. The molecule has 0 amide bonds. The molecule has 4 aromatic rings. The van der Waals surface area contributed by atoms with Crippen LogP contribution in [-0.4, -0.2) is 28.0 Å². The predicted molar refractivity (Wildman–Crippen MR) is 115 cm³/mol. The van der Waals surface area contributed by atoms with E-state index < -0.39 is 0 Å². The molecule has 0 unspecified atom stereocenters. The molecule has 6 rings (SSSR count). The van der Waals surface area contributed by atoms with Gasteiger partial charge in [0.2, 0.25) is 0 Å². The van der Waals surface area contributed by atoms with E-state index in [-0.39, 0.29) is 0 Å². The van der Waals surface area contributed by atoms with Gasteiger partial charge in [-0.05, 0) is 60.2 Å². The van der Waals surface area contributed by atoms with E-state index in [4.69, 9.17) is 0 Å². The Morgan fingerprint density at radius 3 is 2.64 bits per heavy atom. The fourth-order valence-corrected chi connectivity index (χ4v) is 4.79. The highest BCUT2D eigenvalue weighted by Crippen LogP contribution is 2.42. The highest BCUT2D eigenvalue weighted by atomic mass is 15.1. The number of hydrogen-bond acceptors (Lipinski definition) is 3. The Hall–Kier alpha value is -2.88. The van der Waals surface area contributed by atoms with Crippen molar-refractivity contribution >= 4 is 27.5 Å². The van der Waals surface area contributed by atoms with Gasteiger partial charge < -0.3 is 9.88 Å². The second kappa shape index (κ2) is 6.33. The van der Waals surface area contributed by atoms with Crippen LogP contribution in [0.25, 0.3) is 32.9 Å². The van der Waals surface area contributed by atoms with Crippen LogP contribution in [-0.2, 0) is 0 Å². The van der Waals surface area contributed by atoms with E-state index in [0.717, 1.165) is 18.7 Å². The number of aromatic amines is 1. The summed E-state index contributed by atoms with van der Waals surface area (Å²) in [6, 6.07) is 9.04. The normalized spacial score (nSPS) is 17.5. The Morgan fingerprint density at radius 1 is 0.929 bits per heavy atom. The lowest BCUT2D eigenvalue weighted by molar-refractivity contribution is 0.422. The number of anilines is 1. The van der Waals surface area contributed by atoms with Gasteiger partial charge in [0, 0.05) is 48.0 Å². The molecule has 2 aliphatic rings. The maximum atomic E-state index is 4.67. The first-order valence-corrected chi connectivity index (χ1v) is 10.5. The molecule has 0 atom stereocenters. The van der Waals surface area contributed by atoms with Crippen molar-refractivity contribution in [2.24, 2.45) is 0 Å². The summed E-state index contributed by atoms with van der Waals surface area (Å²) in [7, 11) is 0. The van der Waals surface area contributed by atoms with Crippen LogP contribution in [0.5, 0.6) is 0 Å². The predicted octanol–water partition coefficient (Wildman–Crippen LogP) is 5.65. The number of nitrogens with one attached hydrogen (secondary N) is 1. The lowest BCUT2D eigenvalue weighted by atomic mass is 9.79. The van der Waals surface area contributed by atoms with E-state index in [1.165, 1.54) is 70.6 Å². The average molecular weight is 368 g/mol. The number of H-pyrrole nitrogens is 1. The van der Waals surface area contributed by atoms with Crippen molar-refractivity contribution in [2.45, 2.75) is 38.0 Å². The minimum atomic E-state index is 0.685. The second-order valence-electron chi connectivity index (χ2n) is 8.28. The SMILES string of the molecule is c1cc2cnc3[nH]cc(C4CCC4)c3c2cc1-c1cncc(N2CCCC2)c1. The highest BCUT2D eigenvalue weighted by Gasteiger charge is 2.24. The molecule has 2 fully saturated rings. The molecule has 0 radical (unpaired) electrons. The Labute approximate surface area is 164 Å². The third-order valence-corrected chi connectivity index (χ3v) is 6.62.